The highest BCUT2D eigenvalue weighted by molar-refractivity contribution is 4.88. The maximum absolute atomic E-state index is 5.76. The molecule has 0 bridgehead atoms. The third-order valence-corrected chi connectivity index (χ3v) is 2.83. The topological polar surface area (TPSA) is 41.3 Å². The lowest BCUT2D eigenvalue weighted by molar-refractivity contribution is 0.0878. The molecule has 0 aromatic rings. The van der Waals surface area contributed by atoms with Gasteiger partial charge >= 0.3 is 0 Å². The number of nitrogens with two attached hydrogens (primary N) is 1. The Balaban J connectivity index is 2.37. The zero-order valence-corrected chi connectivity index (χ0v) is 9.14. The van der Waals surface area contributed by atoms with E-state index in [2.05, 4.69) is 31.0 Å². The SMILES string of the molecule is CC(N)CCN1CCNCC1(C)C. The molecule has 1 aliphatic rings. The molecule has 1 saturated heterocycles. The molecule has 0 spiro atoms. The quantitative estimate of drug-likeness (QED) is 0.669. The molecular weight excluding hydrogens is 162 g/mol. The molecule has 1 unspecified atom stereocenters. The molecule has 0 radical (unpaired) electrons. The first kappa shape index (κ1) is 11.0. The molecule has 3 nitrogen and oxygen atoms in total. The second kappa shape index (κ2) is 4.40. The van der Waals surface area contributed by atoms with Gasteiger partial charge in [0.1, 0.15) is 0 Å². The van der Waals surface area contributed by atoms with Gasteiger partial charge in [-0.25, -0.2) is 0 Å². The van der Waals surface area contributed by atoms with E-state index in [1.54, 1.807) is 0 Å². The fourth-order valence-corrected chi connectivity index (χ4v) is 1.80. The lowest BCUT2D eigenvalue weighted by Crippen LogP contribution is -2.58. The van der Waals surface area contributed by atoms with Crippen LogP contribution in [0.1, 0.15) is 27.2 Å². The van der Waals surface area contributed by atoms with Gasteiger partial charge in [0.05, 0.1) is 0 Å². The summed E-state index contributed by atoms with van der Waals surface area (Å²) in [7, 11) is 0. The zero-order valence-electron chi connectivity index (χ0n) is 9.14. The smallest absolute Gasteiger partial charge is 0.0278 e. The molecule has 0 aromatic carbocycles. The molecule has 0 aliphatic carbocycles. The van der Waals surface area contributed by atoms with Crippen LogP contribution in [0.5, 0.6) is 0 Å². The van der Waals surface area contributed by atoms with Crippen molar-refractivity contribution in [1.82, 2.24) is 10.2 Å². The Labute approximate surface area is 81.7 Å². The van der Waals surface area contributed by atoms with Crippen molar-refractivity contribution in [2.24, 2.45) is 5.73 Å². The number of hydrogen-bond donors (Lipinski definition) is 2. The van der Waals surface area contributed by atoms with Crippen molar-refractivity contribution in [2.45, 2.75) is 38.8 Å². The Morgan fingerprint density at radius 1 is 1.54 bits per heavy atom. The summed E-state index contributed by atoms with van der Waals surface area (Å²) >= 11 is 0. The summed E-state index contributed by atoms with van der Waals surface area (Å²) in [6.07, 6.45) is 1.10. The van der Waals surface area contributed by atoms with Crippen LogP contribution in [-0.2, 0) is 0 Å². The molecule has 1 rings (SSSR count). The number of piperazine rings is 1. The van der Waals surface area contributed by atoms with Crippen molar-refractivity contribution in [1.29, 1.82) is 0 Å². The van der Waals surface area contributed by atoms with E-state index in [9.17, 15) is 0 Å². The van der Waals surface area contributed by atoms with Crippen LogP contribution in [0.25, 0.3) is 0 Å². The molecule has 1 heterocycles. The molecule has 1 aliphatic heterocycles. The second-order valence-electron chi connectivity index (χ2n) is 4.74. The average Bonchev–Trinajstić information content (AvgIpc) is 2.01. The highest BCUT2D eigenvalue weighted by atomic mass is 15.2. The van der Waals surface area contributed by atoms with Crippen LogP contribution in [0.4, 0.5) is 0 Å². The van der Waals surface area contributed by atoms with Crippen molar-refractivity contribution >= 4 is 0 Å². The molecule has 78 valence electrons. The van der Waals surface area contributed by atoms with Crippen molar-refractivity contribution in [3.8, 4) is 0 Å². The highest BCUT2D eigenvalue weighted by Gasteiger charge is 2.28. The summed E-state index contributed by atoms with van der Waals surface area (Å²) in [4.78, 5) is 2.53. The first-order chi connectivity index (χ1) is 6.02. The number of rotatable bonds is 3. The van der Waals surface area contributed by atoms with Crippen LogP contribution in [0, 0.1) is 0 Å². The zero-order chi connectivity index (χ0) is 9.90. The van der Waals surface area contributed by atoms with Crippen molar-refractivity contribution in [2.75, 3.05) is 26.2 Å². The molecule has 0 aromatic heterocycles. The number of hydrogen-bond acceptors (Lipinski definition) is 3. The van der Waals surface area contributed by atoms with Gasteiger partial charge in [0.15, 0.2) is 0 Å². The van der Waals surface area contributed by atoms with Gasteiger partial charge in [-0.1, -0.05) is 0 Å². The Kier molecular flexibility index (Phi) is 3.71. The van der Waals surface area contributed by atoms with E-state index >= 15 is 0 Å². The van der Waals surface area contributed by atoms with Crippen molar-refractivity contribution < 1.29 is 0 Å². The minimum Gasteiger partial charge on any atom is -0.328 e. The van der Waals surface area contributed by atoms with Crippen LogP contribution >= 0.6 is 0 Å². The first-order valence-corrected chi connectivity index (χ1v) is 5.24. The lowest BCUT2D eigenvalue weighted by Gasteiger charge is -2.43. The Morgan fingerprint density at radius 2 is 2.23 bits per heavy atom. The fraction of sp³-hybridized carbons (Fsp3) is 1.00. The summed E-state index contributed by atoms with van der Waals surface area (Å²) < 4.78 is 0. The molecule has 0 amide bonds. The van der Waals surface area contributed by atoms with Crippen LogP contribution in [-0.4, -0.2) is 42.7 Å². The largest absolute Gasteiger partial charge is 0.328 e. The Hall–Kier alpha value is -0.120. The van der Waals surface area contributed by atoms with Crippen LogP contribution in [0.15, 0.2) is 0 Å². The summed E-state index contributed by atoms with van der Waals surface area (Å²) in [5.41, 5.74) is 6.05. The molecule has 1 atom stereocenters. The first-order valence-electron chi connectivity index (χ1n) is 5.24. The molecule has 1 fully saturated rings. The average molecular weight is 185 g/mol. The van der Waals surface area contributed by atoms with E-state index < -0.39 is 0 Å². The summed E-state index contributed by atoms with van der Waals surface area (Å²) in [6.45, 7) is 11.1. The summed E-state index contributed by atoms with van der Waals surface area (Å²) in [5, 5.41) is 3.42. The fourth-order valence-electron chi connectivity index (χ4n) is 1.80. The second-order valence-corrected chi connectivity index (χ2v) is 4.74. The molecule has 3 heteroatoms. The third kappa shape index (κ3) is 3.25. The Morgan fingerprint density at radius 3 is 2.77 bits per heavy atom. The lowest BCUT2D eigenvalue weighted by atomic mass is 9.99. The normalized spacial score (nSPS) is 25.8. The van der Waals surface area contributed by atoms with E-state index in [0.29, 0.717) is 11.6 Å². The van der Waals surface area contributed by atoms with Gasteiger partial charge in [0, 0.05) is 37.8 Å². The van der Waals surface area contributed by atoms with Crippen LogP contribution in [0.2, 0.25) is 0 Å². The van der Waals surface area contributed by atoms with Crippen molar-refractivity contribution in [3.63, 3.8) is 0 Å². The van der Waals surface area contributed by atoms with Gasteiger partial charge in [-0.2, -0.15) is 0 Å². The molecule has 0 saturated carbocycles. The predicted molar refractivity (Wildman–Crippen MR) is 56.8 cm³/mol. The van der Waals surface area contributed by atoms with E-state index in [1.165, 1.54) is 0 Å². The van der Waals surface area contributed by atoms with E-state index in [4.69, 9.17) is 5.73 Å². The van der Waals surface area contributed by atoms with Gasteiger partial charge in [0.2, 0.25) is 0 Å². The minimum absolute atomic E-state index is 0.299. The van der Waals surface area contributed by atoms with E-state index in [-0.39, 0.29) is 0 Å². The Bertz CT molecular complexity index is 154. The van der Waals surface area contributed by atoms with Crippen LogP contribution < -0.4 is 11.1 Å². The molecule has 3 N–H and O–H groups in total. The maximum Gasteiger partial charge on any atom is 0.0278 e. The van der Waals surface area contributed by atoms with E-state index in [0.717, 1.165) is 32.6 Å². The van der Waals surface area contributed by atoms with Crippen LogP contribution in [0.3, 0.4) is 0 Å². The third-order valence-electron chi connectivity index (χ3n) is 2.83. The molecular formula is C10H23N3. The summed E-state index contributed by atoms with van der Waals surface area (Å²) in [5.74, 6) is 0. The predicted octanol–water partition coefficient (Wildman–Crippen LogP) is 0.408. The van der Waals surface area contributed by atoms with Gasteiger partial charge in [-0.05, 0) is 27.2 Å². The highest BCUT2D eigenvalue weighted by Crippen LogP contribution is 2.16. The maximum atomic E-state index is 5.76. The van der Waals surface area contributed by atoms with Gasteiger partial charge in [-0.15, -0.1) is 0 Å². The van der Waals surface area contributed by atoms with Gasteiger partial charge < -0.3 is 11.1 Å². The van der Waals surface area contributed by atoms with Gasteiger partial charge in [0.25, 0.3) is 0 Å². The summed E-state index contributed by atoms with van der Waals surface area (Å²) in [6, 6.07) is 0.325. The minimum atomic E-state index is 0.299. The van der Waals surface area contributed by atoms with Crippen molar-refractivity contribution in [3.05, 3.63) is 0 Å². The number of nitrogens with one attached hydrogen (secondary N) is 1. The monoisotopic (exact) mass is 185 g/mol. The number of nitrogens with zero attached hydrogens (tertiary/aromatic N) is 1. The van der Waals surface area contributed by atoms with E-state index in [1.807, 2.05) is 0 Å². The molecule has 13 heavy (non-hydrogen) atoms. The standard InChI is InChI=1S/C10H23N3/c1-9(11)4-6-13-7-5-12-8-10(13,2)3/h9,12H,4-8,11H2,1-3H3. The van der Waals surface area contributed by atoms with Gasteiger partial charge in [-0.3, -0.25) is 4.90 Å².